The van der Waals surface area contributed by atoms with Gasteiger partial charge >= 0.3 is 0 Å². The fraction of sp³-hybridized carbons (Fsp3) is 0.367. The number of nitrogens with zero attached hydrogens (tertiary/aromatic N) is 2. The van der Waals surface area contributed by atoms with E-state index in [2.05, 4.69) is 4.98 Å². The zero-order valence-corrected chi connectivity index (χ0v) is 23.4. The molecule has 0 bridgehead atoms. The summed E-state index contributed by atoms with van der Waals surface area (Å²) in [4.78, 5) is 56.6. The summed E-state index contributed by atoms with van der Waals surface area (Å²) in [6.45, 7) is 2.90. The van der Waals surface area contributed by atoms with Gasteiger partial charge < -0.3 is 26.2 Å². The molecule has 11 heteroatoms. The predicted octanol–water partition coefficient (Wildman–Crippen LogP) is 1.89. The Kier molecular flexibility index (Phi) is 9.46. The van der Waals surface area contributed by atoms with Crippen molar-refractivity contribution in [2.75, 3.05) is 14.1 Å². The van der Waals surface area contributed by atoms with E-state index in [-0.39, 0.29) is 53.8 Å². The number of carbonyl (C=O) groups excluding carboxylic acids is 4. The third-order valence-corrected chi connectivity index (χ3v) is 7.85. The Labute approximate surface area is 237 Å². The summed E-state index contributed by atoms with van der Waals surface area (Å²) in [7, 11) is 3.07. The van der Waals surface area contributed by atoms with Gasteiger partial charge in [-0.15, -0.1) is 0 Å². The predicted molar refractivity (Wildman–Crippen MR) is 149 cm³/mol. The molecule has 1 saturated carbocycles. The summed E-state index contributed by atoms with van der Waals surface area (Å²) >= 11 is 0. The molecule has 0 spiro atoms. The normalized spacial score (nSPS) is 23.3. The number of hydrogen-bond donors (Lipinski definition) is 5. The highest BCUT2D eigenvalue weighted by Gasteiger charge is 2.56. The number of carbonyl (C=O) groups is 4. The summed E-state index contributed by atoms with van der Waals surface area (Å²) in [6, 6.07) is 6.86. The molecule has 1 heterocycles. The van der Waals surface area contributed by atoms with Gasteiger partial charge in [0.15, 0.2) is 17.7 Å². The van der Waals surface area contributed by atoms with Gasteiger partial charge in [-0.3, -0.25) is 29.1 Å². The molecule has 218 valence electrons. The minimum atomic E-state index is -2.66. The fourth-order valence-corrected chi connectivity index (χ4v) is 5.49. The number of ketones is 2. The van der Waals surface area contributed by atoms with Crippen LogP contribution in [-0.4, -0.2) is 79.8 Å². The smallest absolute Gasteiger partial charge is 0.247 e. The van der Waals surface area contributed by atoms with Gasteiger partial charge in [-0.05, 0) is 82.1 Å². The van der Waals surface area contributed by atoms with Crippen LogP contribution in [0, 0.1) is 18.8 Å². The van der Waals surface area contributed by atoms with Crippen molar-refractivity contribution in [3.63, 3.8) is 0 Å². The van der Waals surface area contributed by atoms with Crippen molar-refractivity contribution in [3.8, 4) is 5.75 Å². The lowest BCUT2D eigenvalue weighted by Gasteiger charge is -2.45. The zero-order valence-electron chi connectivity index (χ0n) is 23.4. The van der Waals surface area contributed by atoms with Gasteiger partial charge in [0.25, 0.3) is 0 Å². The van der Waals surface area contributed by atoms with Crippen molar-refractivity contribution < 1.29 is 39.6 Å². The number of likely N-dealkylation sites (N-methyl/N-ethyl adjacent to an activating group) is 1. The number of aldehydes is 1. The molecule has 1 aliphatic carbocycles. The number of amides is 1. The topological polar surface area (TPSA) is 191 Å². The minimum Gasteiger partial charge on any atom is -0.515 e. The lowest BCUT2D eigenvalue weighted by molar-refractivity contribution is -0.154. The number of aromatic nitrogens is 1. The van der Waals surface area contributed by atoms with Crippen LogP contribution in [0.25, 0.3) is 0 Å². The minimum absolute atomic E-state index is 0.0222. The molecule has 0 saturated heterocycles. The van der Waals surface area contributed by atoms with Crippen LogP contribution in [0.15, 0.2) is 59.7 Å². The molecule has 1 fully saturated rings. The number of primary amides is 1. The summed E-state index contributed by atoms with van der Waals surface area (Å²) in [5.74, 6) is -5.04. The molecule has 0 unspecified atom stereocenters. The number of aromatic hydroxyl groups is 1. The lowest BCUT2D eigenvalue weighted by Crippen LogP contribution is -2.60. The van der Waals surface area contributed by atoms with Crippen LogP contribution in [0.3, 0.4) is 0 Å². The highest BCUT2D eigenvalue weighted by Crippen LogP contribution is 2.44. The van der Waals surface area contributed by atoms with E-state index in [9.17, 15) is 39.6 Å². The molecule has 3 rings (SSSR count). The van der Waals surface area contributed by atoms with Crippen molar-refractivity contribution in [2.45, 2.75) is 44.8 Å². The maximum absolute atomic E-state index is 13.5. The van der Waals surface area contributed by atoms with Crippen LogP contribution in [-0.2, 0) is 27.2 Å². The Hall–Kier alpha value is -4.35. The van der Waals surface area contributed by atoms with Crippen LogP contribution in [0.5, 0.6) is 5.75 Å². The molecule has 1 aromatic carbocycles. The lowest BCUT2D eigenvalue weighted by atomic mass is 9.63. The van der Waals surface area contributed by atoms with Crippen LogP contribution in [0.1, 0.15) is 40.5 Å². The van der Waals surface area contributed by atoms with E-state index in [4.69, 9.17) is 5.73 Å². The van der Waals surface area contributed by atoms with E-state index in [0.29, 0.717) is 23.1 Å². The summed E-state index contributed by atoms with van der Waals surface area (Å²) in [6.07, 6.45) is 1.97. The third-order valence-electron chi connectivity index (χ3n) is 7.85. The highest BCUT2D eigenvalue weighted by molar-refractivity contribution is 6.12. The first-order valence-electron chi connectivity index (χ1n) is 13.0. The monoisotopic (exact) mass is 565 g/mol. The number of benzene rings is 1. The van der Waals surface area contributed by atoms with Gasteiger partial charge in [0.1, 0.15) is 11.5 Å². The van der Waals surface area contributed by atoms with Crippen molar-refractivity contribution in [1.29, 1.82) is 0 Å². The quantitative estimate of drug-likeness (QED) is 0.0934. The van der Waals surface area contributed by atoms with Gasteiger partial charge in [-0.1, -0.05) is 6.07 Å². The first-order valence-corrected chi connectivity index (χ1v) is 13.0. The molecular formula is C30H35N3O8. The van der Waals surface area contributed by atoms with E-state index in [0.717, 1.165) is 0 Å². The van der Waals surface area contributed by atoms with E-state index in [1.54, 1.807) is 31.3 Å². The second-order valence-corrected chi connectivity index (χ2v) is 10.5. The molecule has 11 nitrogen and oxygen atoms in total. The number of aliphatic hydroxyl groups excluding tert-OH is 2. The molecule has 1 aliphatic rings. The Morgan fingerprint density at radius 3 is 2.46 bits per heavy atom. The first kappa shape index (κ1) is 31.2. The molecule has 0 aliphatic heterocycles. The average Bonchev–Trinajstić information content (AvgIpc) is 2.93. The third kappa shape index (κ3) is 6.06. The maximum atomic E-state index is 13.5. The Bertz CT molecular complexity index is 1420. The number of rotatable bonds is 10. The fourth-order valence-electron chi connectivity index (χ4n) is 5.49. The second kappa shape index (κ2) is 12.4. The molecule has 41 heavy (non-hydrogen) atoms. The number of pyridine rings is 1. The first-order chi connectivity index (χ1) is 19.3. The van der Waals surface area contributed by atoms with Gasteiger partial charge in [0.05, 0.1) is 24.3 Å². The van der Waals surface area contributed by atoms with Crippen molar-refractivity contribution in [3.05, 3.63) is 82.1 Å². The van der Waals surface area contributed by atoms with E-state index in [1.807, 2.05) is 0 Å². The molecular weight excluding hydrogens is 530 g/mol. The van der Waals surface area contributed by atoms with Gasteiger partial charge in [-0.25, -0.2) is 0 Å². The summed E-state index contributed by atoms with van der Waals surface area (Å²) < 4.78 is 0. The summed E-state index contributed by atoms with van der Waals surface area (Å²) in [5, 5.41) is 42.9. The van der Waals surface area contributed by atoms with Crippen LogP contribution < -0.4 is 5.73 Å². The number of phenols is 1. The highest BCUT2D eigenvalue weighted by atomic mass is 16.3. The molecule has 4 atom stereocenters. The zero-order chi connectivity index (χ0) is 30.6. The second-order valence-electron chi connectivity index (χ2n) is 10.5. The number of nitrogens with two attached hydrogens (primary N) is 1. The molecule has 1 amide bonds. The number of aliphatic hydroxyl groups is 3. The SMILES string of the molecule is C/C(C(N)=O)=C(/O)[C@H]([C@@H]1C[C@H](Cc2c(C(=O)Cc3ccccn3)ccc(O)c2C)C(=CO)C(=O)[C@]1(O)C=O)N(C)C. The Balaban J connectivity index is 2.13. The number of phenolic OH excluding ortho intramolecular Hbond substituents is 1. The van der Waals surface area contributed by atoms with Crippen LogP contribution in [0.2, 0.25) is 0 Å². The molecule has 0 radical (unpaired) electrons. The Morgan fingerprint density at radius 2 is 1.93 bits per heavy atom. The molecule has 1 aromatic heterocycles. The summed E-state index contributed by atoms with van der Waals surface area (Å²) in [5.41, 5.74) is 3.84. The maximum Gasteiger partial charge on any atom is 0.247 e. The van der Waals surface area contributed by atoms with Gasteiger partial charge in [0.2, 0.25) is 11.7 Å². The van der Waals surface area contributed by atoms with Crippen molar-refractivity contribution in [1.82, 2.24) is 9.88 Å². The van der Waals surface area contributed by atoms with Crippen molar-refractivity contribution >= 4 is 23.8 Å². The van der Waals surface area contributed by atoms with Gasteiger partial charge in [0, 0.05) is 28.9 Å². The van der Waals surface area contributed by atoms with E-state index in [1.165, 1.54) is 38.1 Å². The molecule has 6 N–H and O–H groups in total. The average molecular weight is 566 g/mol. The standard InChI is InChI=1S/C30H35N3O8/c1-16-21(20(8-9-24(16)36)25(37)13-19-7-5-6-10-32-19)11-18-12-23(30(41,15-35)28(39)22(18)14-34)26(33(3)4)27(38)17(2)29(31)40/h5-10,14-15,18,23,26,34,36,38,41H,11-13H2,1-4H3,(H2,31,40)/b22-14?,27-17-/t18-,23-,26-,30-/m0/s1. The molecule has 2 aromatic rings. The van der Waals surface area contributed by atoms with Crippen molar-refractivity contribution in [2.24, 2.45) is 17.6 Å². The largest absolute Gasteiger partial charge is 0.515 e. The Morgan fingerprint density at radius 1 is 1.24 bits per heavy atom. The number of hydrogen-bond acceptors (Lipinski definition) is 10. The number of Topliss-reactive ketones (excluding diaryl/α,β-unsaturated/α-hetero) is 2. The van der Waals surface area contributed by atoms with Gasteiger partial charge in [-0.2, -0.15) is 0 Å². The van der Waals surface area contributed by atoms with E-state index >= 15 is 0 Å². The van der Waals surface area contributed by atoms with Crippen LogP contribution >= 0.6 is 0 Å². The van der Waals surface area contributed by atoms with E-state index < -0.39 is 40.9 Å². The van der Waals surface area contributed by atoms with Crippen LogP contribution in [0.4, 0.5) is 0 Å².